The Morgan fingerprint density at radius 2 is 1.96 bits per heavy atom. The van der Waals surface area contributed by atoms with Gasteiger partial charge < -0.3 is 10.1 Å². The Morgan fingerprint density at radius 1 is 1.13 bits per heavy atom. The van der Waals surface area contributed by atoms with Crippen LogP contribution >= 0.6 is 0 Å². The molecule has 0 unspecified atom stereocenters. The predicted molar refractivity (Wildman–Crippen MR) is 80.3 cm³/mol. The van der Waals surface area contributed by atoms with E-state index >= 15 is 0 Å². The summed E-state index contributed by atoms with van der Waals surface area (Å²) in [7, 11) is 0. The molecule has 1 saturated heterocycles. The van der Waals surface area contributed by atoms with Crippen LogP contribution in [0, 0.1) is 5.92 Å². The van der Waals surface area contributed by atoms with Crippen LogP contribution in [-0.2, 0) is 23.8 Å². The average Bonchev–Trinajstić information content (AvgIpc) is 2.54. The number of nitrogens with zero attached hydrogens (tertiary/aromatic N) is 2. The largest absolute Gasteiger partial charge is 0.433 e. The van der Waals surface area contributed by atoms with Crippen LogP contribution in [0.15, 0.2) is 0 Å². The van der Waals surface area contributed by atoms with Gasteiger partial charge in [0, 0.05) is 31.0 Å². The third-order valence-corrected chi connectivity index (χ3v) is 4.54. The topological polar surface area (TPSA) is 47.0 Å². The summed E-state index contributed by atoms with van der Waals surface area (Å²) >= 11 is 0. The van der Waals surface area contributed by atoms with Crippen LogP contribution in [0.5, 0.6) is 0 Å². The second-order valence-corrected chi connectivity index (χ2v) is 6.32. The van der Waals surface area contributed by atoms with E-state index in [4.69, 9.17) is 4.74 Å². The Morgan fingerprint density at radius 3 is 2.70 bits per heavy atom. The predicted octanol–water partition coefficient (Wildman–Crippen LogP) is 3.60. The second-order valence-electron chi connectivity index (χ2n) is 6.32. The van der Waals surface area contributed by atoms with Crippen molar-refractivity contribution < 1.29 is 17.9 Å². The molecule has 1 aliphatic heterocycles. The molecule has 0 amide bonds. The molecule has 0 bridgehead atoms. The Labute approximate surface area is 133 Å². The Bertz CT molecular complexity index is 542. The van der Waals surface area contributed by atoms with Gasteiger partial charge in [0.1, 0.15) is 0 Å². The van der Waals surface area contributed by atoms with Crippen molar-refractivity contribution in [2.75, 3.05) is 25.1 Å². The van der Waals surface area contributed by atoms with Crippen LogP contribution in [0.1, 0.15) is 49.1 Å². The standard InChI is InChI=1S/C16H22F3N3O/c17-16(18,19)14-12-5-1-2-6-13(12)21-15(22-14)20-8-7-11-4-3-9-23-10-11/h11H,1-10H2,(H,20,21,22)/t11-/m0/s1. The first kappa shape index (κ1) is 16.5. The number of hydrogen-bond donors (Lipinski definition) is 1. The zero-order valence-corrected chi connectivity index (χ0v) is 13.1. The summed E-state index contributed by atoms with van der Waals surface area (Å²) in [4.78, 5) is 8.08. The van der Waals surface area contributed by atoms with Gasteiger partial charge in [-0.05, 0) is 50.9 Å². The third kappa shape index (κ3) is 4.13. The first-order chi connectivity index (χ1) is 11.0. The highest BCUT2D eigenvalue weighted by Gasteiger charge is 2.37. The van der Waals surface area contributed by atoms with Gasteiger partial charge in [0.15, 0.2) is 5.69 Å². The molecule has 2 aliphatic rings. The van der Waals surface area contributed by atoms with Crippen molar-refractivity contribution in [2.45, 2.75) is 51.1 Å². The molecular formula is C16H22F3N3O. The summed E-state index contributed by atoms with van der Waals surface area (Å²) in [6.07, 6.45) is 1.29. The number of hydrogen-bond acceptors (Lipinski definition) is 4. The smallest absolute Gasteiger partial charge is 0.381 e. The lowest BCUT2D eigenvalue weighted by molar-refractivity contribution is -0.142. The molecule has 0 radical (unpaired) electrons. The highest BCUT2D eigenvalue weighted by Crippen LogP contribution is 2.35. The molecule has 1 N–H and O–H groups in total. The van der Waals surface area contributed by atoms with Crippen molar-refractivity contribution in [1.82, 2.24) is 9.97 Å². The summed E-state index contributed by atoms with van der Waals surface area (Å²) in [6, 6.07) is 0. The zero-order valence-electron chi connectivity index (χ0n) is 13.1. The minimum absolute atomic E-state index is 0.106. The highest BCUT2D eigenvalue weighted by atomic mass is 19.4. The Hall–Kier alpha value is -1.37. The van der Waals surface area contributed by atoms with Gasteiger partial charge in [-0.3, -0.25) is 0 Å². The first-order valence-corrected chi connectivity index (χ1v) is 8.32. The van der Waals surface area contributed by atoms with Crippen LogP contribution in [-0.4, -0.2) is 29.7 Å². The molecule has 23 heavy (non-hydrogen) atoms. The molecule has 0 aromatic carbocycles. The maximum absolute atomic E-state index is 13.2. The molecule has 7 heteroatoms. The van der Waals surface area contributed by atoms with Gasteiger partial charge in [-0.25, -0.2) is 9.97 Å². The van der Waals surface area contributed by atoms with Crippen LogP contribution in [0.4, 0.5) is 19.1 Å². The summed E-state index contributed by atoms with van der Waals surface area (Å²) in [5.74, 6) is 0.575. The van der Waals surface area contributed by atoms with Crippen molar-refractivity contribution in [3.8, 4) is 0 Å². The first-order valence-electron chi connectivity index (χ1n) is 8.32. The summed E-state index contributed by atoms with van der Waals surface area (Å²) in [5.41, 5.74) is 0.0859. The van der Waals surface area contributed by atoms with E-state index in [1.54, 1.807) is 0 Å². The van der Waals surface area contributed by atoms with Crippen molar-refractivity contribution >= 4 is 5.95 Å². The number of fused-ring (bicyclic) bond motifs is 1. The van der Waals surface area contributed by atoms with E-state index in [2.05, 4.69) is 15.3 Å². The summed E-state index contributed by atoms with van der Waals surface area (Å²) in [6.45, 7) is 2.12. The fraction of sp³-hybridized carbons (Fsp3) is 0.750. The van der Waals surface area contributed by atoms with Crippen molar-refractivity contribution in [1.29, 1.82) is 0 Å². The molecule has 2 heterocycles. The average molecular weight is 329 g/mol. The lowest BCUT2D eigenvalue weighted by Gasteiger charge is -2.23. The van der Waals surface area contributed by atoms with E-state index in [-0.39, 0.29) is 11.5 Å². The van der Waals surface area contributed by atoms with E-state index in [0.717, 1.165) is 45.3 Å². The number of rotatable bonds is 4. The molecule has 4 nitrogen and oxygen atoms in total. The van der Waals surface area contributed by atoms with Gasteiger partial charge in [-0.1, -0.05) is 0 Å². The van der Waals surface area contributed by atoms with Crippen molar-refractivity contribution in [3.63, 3.8) is 0 Å². The summed E-state index contributed by atoms with van der Waals surface area (Å²) in [5, 5.41) is 2.98. The van der Waals surface area contributed by atoms with Crippen LogP contribution in [0.3, 0.4) is 0 Å². The Kier molecular flexibility index (Phi) is 5.04. The molecule has 1 aromatic heterocycles. The van der Waals surface area contributed by atoms with E-state index in [9.17, 15) is 13.2 Å². The maximum atomic E-state index is 13.2. The number of alkyl halides is 3. The van der Waals surface area contributed by atoms with Crippen LogP contribution in [0.2, 0.25) is 0 Å². The zero-order chi connectivity index (χ0) is 16.3. The Balaban J connectivity index is 1.69. The molecule has 1 fully saturated rings. The number of halogens is 3. The molecule has 0 saturated carbocycles. The molecule has 128 valence electrons. The molecule has 3 rings (SSSR count). The number of nitrogens with one attached hydrogen (secondary N) is 1. The van der Waals surface area contributed by atoms with Crippen molar-refractivity contribution in [2.24, 2.45) is 5.92 Å². The fourth-order valence-electron chi connectivity index (χ4n) is 3.33. The van der Waals surface area contributed by atoms with E-state index < -0.39 is 11.9 Å². The molecule has 1 aliphatic carbocycles. The number of aryl methyl sites for hydroxylation is 1. The molecule has 1 atom stereocenters. The van der Waals surface area contributed by atoms with Gasteiger partial charge in [0.25, 0.3) is 0 Å². The van der Waals surface area contributed by atoms with Crippen molar-refractivity contribution in [3.05, 3.63) is 17.0 Å². The normalized spacial score (nSPS) is 21.8. The minimum atomic E-state index is -4.42. The minimum Gasteiger partial charge on any atom is -0.381 e. The van der Waals surface area contributed by atoms with E-state index in [1.165, 1.54) is 0 Å². The molecule has 1 aromatic rings. The van der Waals surface area contributed by atoms with Crippen LogP contribution < -0.4 is 5.32 Å². The monoisotopic (exact) mass is 329 g/mol. The quantitative estimate of drug-likeness (QED) is 0.917. The van der Waals surface area contributed by atoms with E-state index in [0.29, 0.717) is 31.0 Å². The maximum Gasteiger partial charge on any atom is 0.433 e. The third-order valence-electron chi connectivity index (χ3n) is 4.54. The lowest BCUT2D eigenvalue weighted by atomic mass is 9.94. The van der Waals surface area contributed by atoms with E-state index in [1.807, 2.05) is 0 Å². The number of ether oxygens (including phenoxy) is 1. The highest BCUT2D eigenvalue weighted by molar-refractivity contribution is 5.37. The molecular weight excluding hydrogens is 307 g/mol. The second kappa shape index (κ2) is 7.03. The molecule has 0 spiro atoms. The van der Waals surface area contributed by atoms with Gasteiger partial charge in [0.05, 0.1) is 0 Å². The van der Waals surface area contributed by atoms with Gasteiger partial charge in [0.2, 0.25) is 5.95 Å². The van der Waals surface area contributed by atoms with Gasteiger partial charge >= 0.3 is 6.18 Å². The SMILES string of the molecule is FC(F)(F)c1nc(NCC[C@@H]2CCCOC2)nc2c1CCCC2. The fourth-order valence-corrected chi connectivity index (χ4v) is 3.33. The number of anilines is 1. The van der Waals surface area contributed by atoms with Gasteiger partial charge in [-0.15, -0.1) is 0 Å². The summed E-state index contributed by atoms with van der Waals surface area (Å²) < 4.78 is 45.1. The number of aromatic nitrogens is 2. The van der Waals surface area contributed by atoms with Crippen LogP contribution in [0.25, 0.3) is 0 Å². The lowest BCUT2D eigenvalue weighted by Crippen LogP contribution is -2.22. The van der Waals surface area contributed by atoms with Gasteiger partial charge in [-0.2, -0.15) is 13.2 Å².